The molecule has 0 aliphatic rings. The molecule has 23 heavy (non-hydrogen) atoms. The smallest absolute Gasteiger partial charge is 0.140 e. The van der Waals surface area contributed by atoms with E-state index in [2.05, 4.69) is 48.1 Å². The molecule has 0 radical (unpaired) electrons. The number of nitrogens with zero attached hydrogens (tertiary/aromatic N) is 1. The number of benzene rings is 2. The highest BCUT2D eigenvalue weighted by atomic mass is 16.3. The number of imidazole rings is 1. The van der Waals surface area contributed by atoms with Crippen molar-refractivity contribution in [2.24, 2.45) is 0 Å². The first-order valence-corrected chi connectivity index (χ1v) is 8.07. The quantitative estimate of drug-likeness (QED) is 0.733. The summed E-state index contributed by atoms with van der Waals surface area (Å²) in [4.78, 5) is 7.61. The van der Waals surface area contributed by atoms with E-state index in [1.165, 1.54) is 11.1 Å². The lowest BCUT2D eigenvalue weighted by Gasteiger charge is -2.09. The third-order valence-electron chi connectivity index (χ3n) is 4.12. The molecular weight excluding hydrogens is 284 g/mol. The number of aliphatic hydroxyl groups excluding tert-OH is 1. The summed E-state index contributed by atoms with van der Waals surface area (Å²) in [5.74, 6) is 0.575. The van der Waals surface area contributed by atoms with Crippen molar-refractivity contribution in [2.45, 2.75) is 32.8 Å². The largest absolute Gasteiger partial charge is 0.380 e. The van der Waals surface area contributed by atoms with E-state index in [0.717, 1.165) is 29.7 Å². The van der Waals surface area contributed by atoms with Gasteiger partial charge in [0, 0.05) is 5.56 Å². The zero-order chi connectivity index (χ0) is 16.2. The molecule has 0 bridgehead atoms. The van der Waals surface area contributed by atoms with Crippen LogP contribution in [0.15, 0.2) is 54.7 Å². The van der Waals surface area contributed by atoms with Gasteiger partial charge in [-0.3, -0.25) is 0 Å². The molecular formula is C20H22N2O. The molecule has 2 N–H and O–H groups in total. The fourth-order valence-electron chi connectivity index (χ4n) is 2.80. The maximum absolute atomic E-state index is 10.5. The number of aliphatic hydroxyl groups is 1. The van der Waals surface area contributed by atoms with E-state index in [4.69, 9.17) is 0 Å². The van der Waals surface area contributed by atoms with Crippen LogP contribution in [-0.4, -0.2) is 15.1 Å². The fraction of sp³-hybridized carbons (Fsp3) is 0.250. The first-order valence-electron chi connectivity index (χ1n) is 8.07. The van der Waals surface area contributed by atoms with Crippen LogP contribution in [0.4, 0.5) is 0 Å². The van der Waals surface area contributed by atoms with Crippen molar-refractivity contribution in [1.29, 1.82) is 0 Å². The van der Waals surface area contributed by atoms with Crippen LogP contribution in [0.5, 0.6) is 0 Å². The van der Waals surface area contributed by atoms with Gasteiger partial charge in [0.1, 0.15) is 11.9 Å². The molecule has 1 atom stereocenters. The molecule has 3 nitrogen and oxygen atoms in total. The molecule has 1 heterocycles. The number of hydrogen-bond donors (Lipinski definition) is 2. The van der Waals surface area contributed by atoms with Crippen molar-refractivity contribution < 1.29 is 5.11 Å². The number of aromatic nitrogens is 2. The molecule has 1 unspecified atom stereocenters. The van der Waals surface area contributed by atoms with Gasteiger partial charge in [-0.1, -0.05) is 61.9 Å². The molecule has 2 aromatic carbocycles. The van der Waals surface area contributed by atoms with Crippen LogP contribution in [-0.2, 0) is 6.42 Å². The number of rotatable bonds is 5. The number of H-pyrrole nitrogens is 1. The van der Waals surface area contributed by atoms with Gasteiger partial charge in [-0.15, -0.1) is 0 Å². The van der Waals surface area contributed by atoms with Gasteiger partial charge in [0.05, 0.1) is 11.9 Å². The van der Waals surface area contributed by atoms with Gasteiger partial charge in [0.2, 0.25) is 0 Å². The number of nitrogens with one attached hydrogen (secondary N) is 1. The minimum atomic E-state index is -0.733. The Kier molecular flexibility index (Phi) is 4.58. The summed E-state index contributed by atoms with van der Waals surface area (Å²) >= 11 is 0. The molecule has 0 saturated heterocycles. The first kappa shape index (κ1) is 15.5. The van der Waals surface area contributed by atoms with E-state index in [9.17, 15) is 5.11 Å². The summed E-state index contributed by atoms with van der Waals surface area (Å²) in [6, 6.07) is 16.3. The summed E-state index contributed by atoms with van der Waals surface area (Å²) in [5.41, 5.74) is 5.37. The molecule has 0 saturated carbocycles. The van der Waals surface area contributed by atoms with Gasteiger partial charge in [-0.25, -0.2) is 4.98 Å². The Hall–Kier alpha value is -2.39. The molecule has 0 amide bonds. The van der Waals surface area contributed by atoms with Crippen molar-refractivity contribution in [1.82, 2.24) is 9.97 Å². The van der Waals surface area contributed by atoms with E-state index >= 15 is 0 Å². The number of aryl methyl sites for hydroxylation is 2. The predicted octanol–water partition coefficient (Wildman–Crippen LogP) is 4.42. The van der Waals surface area contributed by atoms with Gasteiger partial charge < -0.3 is 10.1 Å². The van der Waals surface area contributed by atoms with E-state index < -0.39 is 6.10 Å². The van der Waals surface area contributed by atoms with Crippen LogP contribution >= 0.6 is 0 Å². The topological polar surface area (TPSA) is 48.9 Å². The second kappa shape index (κ2) is 6.80. The van der Waals surface area contributed by atoms with Gasteiger partial charge in [0.25, 0.3) is 0 Å². The Labute approximate surface area is 137 Å². The van der Waals surface area contributed by atoms with Crippen LogP contribution < -0.4 is 0 Å². The lowest BCUT2D eigenvalue weighted by molar-refractivity contribution is 0.211. The van der Waals surface area contributed by atoms with Gasteiger partial charge in [-0.2, -0.15) is 0 Å². The SMILES string of the molecule is CCCc1ccc(C(O)c2ncc(-c3ccccc3C)[nH]2)cc1. The van der Waals surface area contributed by atoms with Crippen molar-refractivity contribution in [2.75, 3.05) is 0 Å². The molecule has 0 fully saturated rings. The van der Waals surface area contributed by atoms with E-state index in [-0.39, 0.29) is 0 Å². The summed E-state index contributed by atoms with van der Waals surface area (Å²) in [6.07, 6.45) is 3.24. The molecule has 0 aliphatic carbocycles. The summed E-state index contributed by atoms with van der Waals surface area (Å²) in [6.45, 7) is 4.23. The predicted molar refractivity (Wildman–Crippen MR) is 93.3 cm³/mol. The van der Waals surface area contributed by atoms with Gasteiger partial charge in [0.15, 0.2) is 0 Å². The van der Waals surface area contributed by atoms with E-state index in [0.29, 0.717) is 5.82 Å². The lowest BCUT2D eigenvalue weighted by atomic mass is 10.0. The highest BCUT2D eigenvalue weighted by Gasteiger charge is 2.15. The summed E-state index contributed by atoms with van der Waals surface area (Å²) < 4.78 is 0. The second-order valence-electron chi connectivity index (χ2n) is 5.89. The average Bonchev–Trinajstić information content (AvgIpc) is 3.05. The molecule has 3 rings (SSSR count). The first-order chi connectivity index (χ1) is 11.2. The lowest BCUT2D eigenvalue weighted by Crippen LogP contribution is -2.02. The van der Waals surface area contributed by atoms with Crippen LogP contribution in [0.2, 0.25) is 0 Å². The third kappa shape index (κ3) is 3.35. The van der Waals surface area contributed by atoms with Crippen LogP contribution in [0.3, 0.4) is 0 Å². The third-order valence-corrected chi connectivity index (χ3v) is 4.12. The molecule has 1 aromatic heterocycles. The zero-order valence-electron chi connectivity index (χ0n) is 13.6. The van der Waals surface area contributed by atoms with Crippen molar-refractivity contribution in [3.63, 3.8) is 0 Å². The monoisotopic (exact) mass is 306 g/mol. The van der Waals surface area contributed by atoms with Gasteiger partial charge >= 0.3 is 0 Å². The highest BCUT2D eigenvalue weighted by molar-refractivity contribution is 5.62. The standard InChI is InChI=1S/C20H22N2O/c1-3-6-15-9-11-16(12-10-15)19(23)20-21-13-18(22-20)17-8-5-4-7-14(17)2/h4-5,7-13,19,23H,3,6H2,1-2H3,(H,21,22). The van der Waals surface area contributed by atoms with Crippen LogP contribution in [0.1, 0.15) is 42.0 Å². The Balaban J connectivity index is 1.83. The minimum Gasteiger partial charge on any atom is -0.380 e. The number of aromatic amines is 1. The van der Waals surface area contributed by atoms with Crippen molar-refractivity contribution in [3.8, 4) is 11.3 Å². The molecule has 0 aliphatic heterocycles. The molecule has 118 valence electrons. The van der Waals surface area contributed by atoms with Crippen LogP contribution in [0, 0.1) is 6.92 Å². The van der Waals surface area contributed by atoms with E-state index in [1.54, 1.807) is 6.20 Å². The Morgan fingerprint density at radius 1 is 1.09 bits per heavy atom. The summed E-state index contributed by atoms with van der Waals surface area (Å²) in [5, 5.41) is 10.5. The van der Waals surface area contributed by atoms with Crippen molar-refractivity contribution >= 4 is 0 Å². The normalized spacial score (nSPS) is 12.3. The molecule has 3 heteroatoms. The average molecular weight is 306 g/mol. The van der Waals surface area contributed by atoms with Crippen molar-refractivity contribution in [3.05, 3.63) is 77.2 Å². The highest BCUT2D eigenvalue weighted by Crippen LogP contribution is 2.25. The molecule has 0 spiro atoms. The maximum Gasteiger partial charge on any atom is 0.140 e. The fourth-order valence-corrected chi connectivity index (χ4v) is 2.80. The second-order valence-corrected chi connectivity index (χ2v) is 5.89. The Morgan fingerprint density at radius 3 is 2.52 bits per heavy atom. The Morgan fingerprint density at radius 2 is 1.83 bits per heavy atom. The van der Waals surface area contributed by atoms with Gasteiger partial charge in [-0.05, 0) is 30.0 Å². The molecule has 3 aromatic rings. The summed E-state index contributed by atoms with van der Waals surface area (Å²) in [7, 11) is 0. The zero-order valence-corrected chi connectivity index (χ0v) is 13.6. The minimum absolute atomic E-state index is 0.575. The van der Waals surface area contributed by atoms with Crippen LogP contribution in [0.25, 0.3) is 11.3 Å². The maximum atomic E-state index is 10.5. The number of hydrogen-bond acceptors (Lipinski definition) is 2. The Bertz CT molecular complexity index is 774. The van der Waals surface area contributed by atoms with E-state index in [1.807, 2.05) is 24.3 Å².